The van der Waals surface area contributed by atoms with E-state index in [0.29, 0.717) is 24.5 Å². The molecule has 0 unspecified atom stereocenters. The average Bonchev–Trinajstić information content (AvgIpc) is 3.00. The van der Waals surface area contributed by atoms with E-state index in [-0.39, 0.29) is 11.8 Å². The zero-order valence-electron chi connectivity index (χ0n) is 12.8. The number of hydrogen-bond acceptors (Lipinski definition) is 3. The molecule has 0 bridgehead atoms. The second-order valence-electron chi connectivity index (χ2n) is 5.16. The zero-order valence-corrected chi connectivity index (χ0v) is 13.7. The van der Waals surface area contributed by atoms with E-state index in [4.69, 9.17) is 0 Å². The lowest BCUT2D eigenvalue weighted by atomic mass is 10.1. The third-order valence-electron chi connectivity index (χ3n) is 3.31. The van der Waals surface area contributed by atoms with Crippen LogP contribution in [0.4, 0.5) is 0 Å². The highest BCUT2D eigenvalue weighted by Gasteiger charge is 2.11. The fraction of sp³-hybridized carbons (Fsp3) is 0.294. The monoisotopic (exact) mass is 316 g/mol. The molecule has 2 rings (SSSR count). The second-order valence-corrected chi connectivity index (χ2v) is 6.11. The Balaban J connectivity index is 1.87. The molecule has 1 heterocycles. The van der Waals surface area contributed by atoms with E-state index < -0.39 is 0 Å². The number of thiophene rings is 1. The van der Waals surface area contributed by atoms with Crippen LogP contribution >= 0.6 is 11.3 Å². The van der Waals surface area contributed by atoms with Gasteiger partial charge in [-0.3, -0.25) is 9.59 Å². The van der Waals surface area contributed by atoms with E-state index in [1.165, 1.54) is 16.9 Å². The maximum Gasteiger partial charge on any atom is 0.261 e. The summed E-state index contributed by atoms with van der Waals surface area (Å²) in [6, 6.07) is 11.7. The molecule has 5 heteroatoms. The summed E-state index contributed by atoms with van der Waals surface area (Å²) in [5.74, 6) is -0.0825. The molecule has 2 aromatic rings. The van der Waals surface area contributed by atoms with Crippen LogP contribution in [0, 0.1) is 6.92 Å². The number of carbonyl (C=O) groups excluding carboxylic acids is 2. The summed E-state index contributed by atoms with van der Waals surface area (Å²) in [5.41, 5.74) is 2.27. The average molecular weight is 316 g/mol. The number of rotatable bonds is 6. The first-order chi connectivity index (χ1) is 10.6. The van der Waals surface area contributed by atoms with Gasteiger partial charge in [-0.1, -0.05) is 35.9 Å². The minimum absolute atomic E-state index is 0.00637. The van der Waals surface area contributed by atoms with E-state index in [9.17, 15) is 9.59 Å². The summed E-state index contributed by atoms with van der Waals surface area (Å²) in [6.45, 7) is 5.09. The molecule has 2 amide bonds. The molecule has 0 saturated heterocycles. The number of nitrogens with zero attached hydrogens (tertiary/aromatic N) is 1. The van der Waals surface area contributed by atoms with Crippen molar-refractivity contribution in [3.8, 4) is 0 Å². The number of hydrogen-bond donors (Lipinski definition) is 1. The lowest BCUT2D eigenvalue weighted by Crippen LogP contribution is -2.36. The number of benzene rings is 1. The van der Waals surface area contributed by atoms with Crippen LogP contribution in [0.25, 0.3) is 0 Å². The van der Waals surface area contributed by atoms with Crippen molar-refractivity contribution in [1.29, 1.82) is 0 Å². The third-order valence-corrected chi connectivity index (χ3v) is 4.18. The summed E-state index contributed by atoms with van der Waals surface area (Å²) in [4.78, 5) is 26.0. The van der Waals surface area contributed by atoms with Crippen LogP contribution in [0.2, 0.25) is 0 Å². The SMILES string of the molecule is CC(=O)N(CCNC(=O)c1cccs1)Cc1cccc(C)c1. The molecule has 0 saturated carbocycles. The molecule has 0 spiro atoms. The van der Waals surface area contributed by atoms with Crippen molar-refractivity contribution >= 4 is 23.2 Å². The van der Waals surface area contributed by atoms with E-state index >= 15 is 0 Å². The minimum atomic E-state index is -0.0888. The van der Waals surface area contributed by atoms with Crippen molar-refractivity contribution in [2.24, 2.45) is 0 Å². The number of aryl methyl sites for hydroxylation is 1. The lowest BCUT2D eigenvalue weighted by Gasteiger charge is -2.21. The predicted octanol–water partition coefficient (Wildman–Crippen LogP) is 2.84. The molecule has 116 valence electrons. The fourth-order valence-corrected chi connectivity index (χ4v) is 2.82. The highest BCUT2D eigenvalue weighted by Crippen LogP contribution is 2.09. The van der Waals surface area contributed by atoms with Gasteiger partial charge in [0.1, 0.15) is 0 Å². The highest BCUT2D eigenvalue weighted by molar-refractivity contribution is 7.12. The molecule has 4 nitrogen and oxygen atoms in total. The van der Waals surface area contributed by atoms with Gasteiger partial charge in [0, 0.05) is 26.6 Å². The largest absolute Gasteiger partial charge is 0.350 e. The maximum atomic E-state index is 11.9. The first kappa shape index (κ1) is 16.2. The molecule has 22 heavy (non-hydrogen) atoms. The topological polar surface area (TPSA) is 49.4 Å². The van der Waals surface area contributed by atoms with E-state index in [0.717, 1.165) is 5.56 Å². The van der Waals surface area contributed by atoms with Gasteiger partial charge in [0.25, 0.3) is 5.91 Å². The highest BCUT2D eigenvalue weighted by atomic mass is 32.1. The number of amides is 2. The van der Waals surface area contributed by atoms with Gasteiger partial charge in [0.2, 0.25) is 5.91 Å². The molecule has 1 N–H and O–H groups in total. The van der Waals surface area contributed by atoms with Crippen LogP contribution in [0.1, 0.15) is 27.7 Å². The molecule has 1 aromatic heterocycles. The second kappa shape index (κ2) is 7.75. The van der Waals surface area contributed by atoms with Gasteiger partial charge < -0.3 is 10.2 Å². The predicted molar refractivity (Wildman–Crippen MR) is 88.9 cm³/mol. The third kappa shape index (κ3) is 4.70. The van der Waals surface area contributed by atoms with Crippen LogP contribution in [-0.2, 0) is 11.3 Å². The molecule has 0 atom stereocenters. The van der Waals surface area contributed by atoms with E-state index in [1.807, 2.05) is 36.6 Å². The van der Waals surface area contributed by atoms with Gasteiger partial charge in [0.05, 0.1) is 4.88 Å². The molecule has 0 radical (unpaired) electrons. The van der Waals surface area contributed by atoms with Crippen LogP contribution in [0.15, 0.2) is 41.8 Å². The molecule has 1 aromatic carbocycles. The molecule has 0 aliphatic rings. The van der Waals surface area contributed by atoms with Gasteiger partial charge >= 0.3 is 0 Å². The van der Waals surface area contributed by atoms with Gasteiger partial charge in [-0.2, -0.15) is 0 Å². The Kier molecular flexibility index (Phi) is 5.72. The Morgan fingerprint density at radius 2 is 2.05 bits per heavy atom. The molecule has 0 fully saturated rings. The summed E-state index contributed by atoms with van der Waals surface area (Å²) >= 11 is 1.41. The summed E-state index contributed by atoms with van der Waals surface area (Å²) < 4.78 is 0. The Bertz CT molecular complexity index is 638. The van der Waals surface area contributed by atoms with Crippen molar-refractivity contribution in [2.75, 3.05) is 13.1 Å². The van der Waals surface area contributed by atoms with Crippen LogP contribution in [0.5, 0.6) is 0 Å². The van der Waals surface area contributed by atoms with Crippen molar-refractivity contribution in [2.45, 2.75) is 20.4 Å². The summed E-state index contributed by atoms with van der Waals surface area (Å²) in [7, 11) is 0. The smallest absolute Gasteiger partial charge is 0.261 e. The first-order valence-corrected chi connectivity index (χ1v) is 8.07. The van der Waals surface area contributed by atoms with Gasteiger partial charge in [-0.25, -0.2) is 0 Å². The van der Waals surface area contributed by atoms with Crippen LogP contribution < -0.4 is 5.32 Å². The number of nitrogens with one attached hydrogen (secondary N) is 1. The summed E-state index contributed by atoms with van der Waals surface area (Å²) in [6.07, 6.45) is 0. The Hall–Kier alpha value is -2.14. The molecule has 0 aliphatic heterocycles. The van der Waals surface area contributed by atoms with Crippen molar-refractivity contribution in [3.05, 3.63) is 57.8 Å². The normalized spacial score (nSPS) is 10.3. The number of carbonyl (C=O) groups is 2. The fourth-order valence-electron chi connectivity index (χ4n) is 2.18. The van der Waals surface area contributed by atoms with Crippen LogP contribution in [0.3, 0.4) is 0 Å². The Labute approximate surface area is 134 Å². The molecular weight excluding hydrogens is 296 g/mol. The van der Waals surface area contributed by atoms with Gasteiger partial charge in [-0.05, 0) is 23.9 Å². The van der Waals surface area contributed by atoms with Crippen LogP contribution in [-0.4, -0.2) is 29.8 Å². The zero-order chi connectivity index (χ0) is 15.9. The van der Waals surface area contributed by atoms with Crippen molar-refractivity contribution < 1.29 is 9.59 Å². The standard InChI is InChI=1S/C17H20N2O2S/c1-13-5-3-6-15(11-13)12-19(14(2)20)9-8-18-17(21)16-7-4-10-22-16/h3-7,10-11H,8-9,12H2,1-2H3,(H,18,21). The van der Waals surface area contributed by atoms with Gasteiger partial charge in [-0.15, -0.1) is 11.3 Å². The molecular formula is C17H20N2O2S. The Morgan fingerprint density at radius 1 is 1.23 bits per heavy atom. The maximum absolute atomic E-state index is 11.9. The quantitative estimate of drug-likeness (QED) is 0.891. The van der Waals surface area contributed by atoms with E-state index in [2.05, 4.69) is 11.4 Å². The molecule has 0 aliphatic carbocycles. The minimum Gasteiger partial charge on any atom is -0.350 e. The summed E-state index contributed by atoms with van der Waals surface area (Å²) in [5, 5.41) is 4.71. The van der Waals surface area contributed by atoms with Gasteiger partial charge in [0.15, 0.2) is 0 Å². The van der Waals surface area contributed by atoms with Crippen molar-refractivity contribution in [3.63, 3.8) is 0 Å². The van der Waals surface area contributed by atoms with Crippen molar-refractivity contribution in [1.82, 2.24) is 10.2 Å². The van der Waals surface area contributed by atoms with E-state index in [1.54, 1.807) is 17.9 Å². The Morgan fingerprint density at radius 3 is 2.68 bits per heavy atom. The first-order valence-electron chi connectivity index (χ1n) is 7.19. The lowest BCUT2D eigenvalue weighted by molar-refractivity contribution is -0.129.